The van der Waals surface area contributed by atoms with Gasteiger partial charge in [-0.2, -0.15) is 0 Å². The minimum absolute atomic E-state index is 0.177. The smallest absolute Gasteiger partial charge is 0.0842 e. The highest BCUT2D eigenvalue weighted by Gasteiger charge is 2.34. The van der Waals surface area contributed by atoms with Crippen LogP contribution in [0, 0.1) is 6.92 Å². The molecule has 1 N–H and O–H groups in total. The van der Waals surface area contributed by atoms with E-state index < -0.39 is 0 Å². The average Bonchev–Trinajstić information content (AvgIpc) is 2.36. The molecule has 0 amide bonds. The first-order valence-electron chi connectivity index (χ1n) is 6.28. The topological polar surface area (TPSA) is 34.2 Å². The molecule has 1 heterocycles. The molecule has 1 rings (SSSR count). The second-order valence-corrected chi connectivity index (χ2v) is 4.59. The van der Waals surface area contributed by atoms with Crippen molar-refractivity contribution in [2.45, 2.75) is 45.8 Å². The van der Waals surface area contributed by atoms with Crippen molar-refractivity contribution in [3.63, 3.8) is 0 Å². The van der Waals surface area contributed by atoms with E-state index in [1.165, 1.54) is 11.1 Å². The Morgan fingerprint density at radius 3 is 2.65 bits per heavy atom. The van der Waals surface area contributed by atoms with Crippen LogP contribution in [0.4, 0.5) is 0 Å². The summed E-state index contributed by atoms with van der Waals surface area (Å²) in [6, 6.07) is 2.22. The molecule has 0 fully saturated rings. The van der Waals surface area contributed by atoms with Gasteiger partial charge in [0.25, 0.3) is 0 Å². The lowest BCUT2D eigenvalue weighted by Crippen LogP contribution is -2.43. The molecule has 0 aromatic carbocycles. The molecule has 2 atom stereocenters. The summed E-state index contributed by atoms with van der Waals surface area (Å²) in [7, 11) is 1.78. The van der Waals surface area contributed by atoms with Crippen LogP contribution in [0.1, 0.15) is 44.4 Å². The highest BCUT2D eigenvalue weighted by atomic mass is 16.5. The Morgan fingerprint density at radius 1 is 1.47 bits per heavy atom. The molecule has 0 aliphatic rings. The van der Waals surface area contributed by atoms with Crippen LogP contribution in [-0.2, 0) is 4.74 Å². The maximum Gasteiger partial charge on any atom is 0.0842 e. The number of ether oxygens (including phenoxy) is 1. The van der Waals surface area contributed by atoms with Gasteiger partial charge in [-0.3, -0.25) is 4.98 Å². The largest absolute Gasteiger partial charge is 0.377 e. The van der Waals surface area contributed by atoms with Crippen LogP contribution < -0.4 is 5.32 Å². The van der Waals surface area contributed by atoms with Gasteiger partial charge in [0, 0.05) is 19.5 Å². The van der Waals surface area contributed by atoms with E-state index in [4.69, 9.17) is 4.74 Å². The number of aromatic nitrogens is 1. The fraction of sp³-hybridized carbons (Fsp3) is 0.643. The maximum absolute atomic E-state index is 5.72. The Balaban J connectivity index is 3.13. The first-order valence-corrected chi connectivity index (χ1v) is 6.28. The van der Waals surface area contributed by atoms with Gasteiger partial charge >= 0.3 is 0 Å². The summed E-state index contributed by atoms with van der Waals surface area (Å²) in [5.74, 6) is 0. The summed E-state index contributed by atoms with van der Waals surface area (Å²) in [5, 5.41) is 3.52. The van der Waals surface area contributed by atoms with Gasteiger partial charge in [-0.25, -0.2) is 0 Å². The summed E-state index contributed by atoms with van der Waals surface area (Å²) >= 11 is 0. The van der Waals surface area contributed by atoms with Crippen LogP contribution >= 0.6 is 0 Å². The Morgan fingerprint density at radius 2 is 2.18 bits per heavy atom. The number of likely N-dealkylation sites (N-methyl/N-ethyl adjacent to an activating group) is 1. The summed E-state index contributed by atoms with van der Waals surface area (Å²) in [5.41, 5.74) is 2.27. The number of pyridine rings is 1. The molecule has 3 nitrogen and oxygen atoms in total. The molecule has 1 aromatic heterocycles. The zero-order valence-corrected chi connectivity index (χ0v) is 11.6. The quantitative estimate of drug-likeness (QED) is 0.824. The van der Waals surface area contributed by atoms with Crippen LogP contribution in [0.5, 0.6) is 0 Å². The van der Waals surface area contributed by atoms with Crippen LogP contribution in [0.25, 0.3) is 0 Å². The number of aryl methyl sites for hydroxylation is 1. The molecule has 3 heteroatoms. The number of rotatable bonds is 6. The van der Waals surface area contributed by atoms with Crippen LogP contribution in [0.15, 0.2) is 18.5 Å². The van der Waals surface area contributed by atoms with Crippen molar-refractivity contribution in [1.29, 1.82) is 0 Å². The number of methoxy groups -OCH3 is 1. The SMILES string of the molecule is CCNC(c1cnccc1C)C(C)(CC)OC. The predicted molar refractivity (Wildman–Crippen MR) is 71.1 cm³/mol. The number of nitrogens with zero attached hydrogens (tertiary/aromatic N) is 1. The van der Waals surface area contributed by atoms with Gasteiger partial charge < -0.3 is 10.1 Å². The van der Waals surface area contributed by atoms with E-state index >= 15 is 0 Å². The van der Waals surface area contributed by atoms with Gasteiger partial charge in [-0.05, 0) is 44.0 Å². The second-order valence-electron chi connectivity index (χ2n) is 4.59. The van der Waals surface area contributed by atoms with Crippen LogP contribution in [0.3, 0.4) is 0 Å². The monoisotopic (exact) mass is 236 g/mol. The molecule has 0 aliphatic carbocycles. The lowest BCUT2D eigenvalue weighted by atomic mass is 9.86. The van der Waals surface area contributed by atoms with Crippen molar-refractivity contribution in [3.8, 4) is 0 Å². The van der Waals surface area contributed by atoms with E-state index in [1.54, 1.807) is 7.11 Å². The lowest BCUT2D eigenvalue weighted by Gasteiger charge is -2.37. The Hall–Kier alpha value is -0.930. The first-order chi connectivity index (χ1) is 8.09. The van der Waals surface area contributed by atoms with Gasteiger partial charge in [0.2, 0.25) is 0 Å². The minimum atomic E-state index is -0.205. The van der Waals surface area contributed by atoms with Crippen molar-refractivity contribution in [1.82, 2.24) is 10.3 Å². The Labute approximate surface area is 105 Å². The number of hydrogen-bond donors (Lipinski definition) is 1. The zero-order chi connectivity index (χ0) is 12.9. The average molecular weight is 236 g/mol. The number of nitrogens with one attached hydrogen (secondary N) is 1. The summed E-state index contributed by atoms with van der Waals surface area (Å²) in [6.07, 6.45) is 4.73. The van der Waals surface area contributed by atoms with Crippen LogP contribution in [0.2, 0.25) is 0 Å². The molecule has 0 bridgehead atoms. The van der Waals surface area contributed by atoms with Gasteiger partial charge in [-0.15, -0.1) is 0 Å². The summed E-state index contributed by atoms with van der Waals surface area (Å²) < 4.78 is 5.72. The van der Waals surface area contributed by atoms with Gasteiger partial charge in [0.05, 0.1) is 11.6 Å². The fourth-order valence-corrected chi connectivity index (χ4v) is 2.10. The first kappa shape index (κ1) is 14.1. The molecular weight excluding hydrogens is 212 g/mol. The standard InChI is InChI=1S/C14H24N2O/c1-6-14(4,17-5)13(16-7-2)12-10-15-9-8-11(12)3/h8-10,13,16H,6-7H2,1-5H3. The second kappa shape index (κ2) is 6.12. The Kier molecular flexibility index (Phi) is 5.09. The van der Waals surface area contributed by atoms with E-state index in [1.807, 2.05) is 18.5 Å². The van der Waals surface area contributed by atoms with Crippen molar-refractivity contribution >= 4 is 0 Å². The third kappa shape index (κ3) is 3.05. The van der Waals surface area contributed by atoms with Gasteiger partial charge in [-0.1, -0.05) is 13.8 Å². The summed E-state index contributed by atoms with van der Waals surface area (Å²) in [6.45, 7) is 9.45. The molecule has 1 aromatic rings. The molecule has 17 heavy (non-hydrogen) atoms. The van der Waals surface area contributed by atoms with Gasteiger partial charge in [0.15, 0.2) is 0 Å². The van der Waals surface area contributed by atoms with Crippen LogP contribution in [-0.4, -0.2) is 24.2 Å². The van der Waals surface area contributed by atoms with Crippen molar-refractivity contribution in [3.05, 3.63) is 29.6 Å². The lowest BCUT2D eigenvalue weighted by molar-refractivity contribution is -0.0298. The molecule has 0 aliphatic heterocycles. The van der Waals surface area contributed by atoms with Crippen molar-refractivity contribution in [2.75, 3.05) is 13.7 Å². The van der Waals surface area contributed by atoms with E-state index in [2.05, 4.69) is 38.0 Å². The zero-order valence-electron chi connectivity index (χ0n) is 11.6. The van der Waals surface area contributed by atoms with Crippen molar-refractivity contribution < 1.29 is 4.74 Å². The minimum Gasteiger partial charge on any atom is -0.377 e. The maximum atomic E-state index is 5.72. The van der Waals surface area contributed by atoms with Crippen molar-refractivity contribution in [2.24, 2.45) is 0 Å². The molecule has 0 radical (unpaired) electrons. The molecule has 0 saturated carbocycles. The van der Waals surface area contributed by atoms with E-state index in [-0.39, 0.29) is 11.6 Å². The normalized spacial score (nSPS) is 16.5. The summed E-state index contributed by atoms with van der Waals surface area (Å²) in [4.78, 5) is 4.24. The highest BCUT2D eigenvalue weighted by Crippen LogP contribution is 2.32. The van der Waals surface area contributed by atoms with E-state index in [0.717, 1.165) is 13.0 Å². The van der Waals surface area contributed by atoms with E-state index in [9.17, 15) is 0 Å². The molecule has 96 valence electrons. The molecular formula is C14H24N2O. The Bertz CT molecular complexity index is 348. The van der Waals surface area contributed by atoms with Gasteiger partial charge in [0.1, 0.15) is 0 Å². The highest BCUT2D eigenvalue weighted by molar-refractivity contribution is 5.27. The predicted octanol–water partition coefficient (Wildman–Crippen LogP) is 2.86. The third-order valence-corrected chi connectivity index (χ3v) is 3.58. The molecule has 0 spiro atoms. The number of hydrogen-bond acceptors (Lipinski definition) is 3. The third-order valence-electron chi connectivity index (χ3n) is 3.58. The molecule has 0 saturated heterocycles. The fourth-order valence-electron chi connectivity index (χ4n) is 2.10. The van der Waals surface area contributed by atoms with E-state index in [0.29, 0.717) is 0 Å². The molecule has 2 unspecified atom stereocenters.